The van der Waals surface area contributed by atoms with Crippen LogP contribution in [0.2, 0.25) is 5.02 Å². The monoisotopic (exact) mass is 318 g/mol. The lowest BCUT2D eigenvalue weighted by Crippen LogP contribution is -2.29. The molecular formula is C13H19ClN2O3S. The second kappa shape index (κ2) is 6.41. The van der Waals surface area contributed by atoms with Crippen molar-refractivity contribution in [2.75, 3.05) is 26.8 Å². The van der Waals surface area contributed by atoms with Crippen molar-refractivity contribution in [3.63, 3.8) is 0 Å². The molecule has 1 aromatic rings. The maximum atomic E-state index is 12.5. The van der Waals surface area contributed by atoms with Crippen LogP contribution in [0.3, 0.4) is 0 Å². The molecule has 0 bridgehead atoms. The van der Waals surface area contributed by atoms with Crippen molar-refractivity contribution >= 4 is 21.6 Å². The minimum Gasteiger partial charge on any atom is -0.384 e. The summed E-state index contributed by atoms with van der Waals surface area (Å²) >= 11 is 6.04. The van der Waals surface area contributed by atoms with E-state index in [9.17, 15) is 8.42 Å². The Labute approximate surface area is 124 Å². The first-order valence-electron chi connectivity index (χ1n) is 6.46. The van der Waals surface area contributed by atoms with E-state index in [1.165, 1.54) is 10.4 Å². The summed E-state index contributed by atoms with van der Waals surface area (Å²) in [5.74, 6) is 0.258. The number of halogens is 1. The molecule has 1 fully saturated rings. The van der Waals surface area contributed by atoms with Crippen LogP contribution in [0, 0.1) is 5.92 Å². The van der Waals surface area contributed by atoms with E-state index in [0.29, 0.717) is 31.3 Å². The SMILES string of the molecule is COCC1CCN(S(=O)(=O)c2ccc(CN)c(Cl)c2)C1. The maximum absolute atomic E-state index is 12.5. The third-order valence-corrected chi connectivity index (χ3v) is 5.75. The first kappa shape index (κ1) is 15.7. The first-order chi connectivity index (χ1) is 9.48. The lowest BCUT2D eigenvalue weighted by atomic mass is 10.1. The van der Waals surface area contributed by atoms with Crippen LogP contribution < -0.4 is 5.73 Å². The van der Waals surface area contributed by atoms with Gasteiger partial charge in [-0.1, -0.05) is 17.7 Å². The molecule has 112 valence electrons. The van der Waals surface area contributed by atoms with E-state index in [2.05, 4.69) is 0 Å². The molecule has 1 saturated heterocycles. The number of hydrogen-bond donors (Lipinski definition) is 1. The van der Waals surface area contributed by atoms with Gasteiger partial charge < -0.3 is 10.5 Å². The van der Waals surface area contributed by atoms with Crippen LogP contribution in [0.15, 0.2) is 23.1 Å². The van der Waals surface area contributed by atoms with E-state index in [0.717, 1.165) is 12.0 Å². The van der Waals surface area contributed by atoms with E-state index in [1.807, 2.05) is 0 Å². The molecule has 7 heteroatoms. The Balaban J connectivity index is 2.21. The molecule has 0 saturated carbocycles. The van der Waals surface area contributed by atoms with E-state index in [4.69, 9.17) is 22.1 Å². The van der Waals surface area contributed by atoms with Gasteiger partial charge in [0.1, 0.15) is 0 Å². The highest BCUT2D eigenvalue weighted by molar-refractivity contribution is 7.89. The minimum atomic E-state index is -3.48. The zero-order chi connectivity index (χ0) is 14.8. The third kappa shape index (κ3) is 3.15. The van der Waals surface area contributed by atoms with Gasteiger partial charge in [0.05, 0.1) is 11.5 Å². The smallest absolute Gasteiger partial charge is 0.243 e. The van der Waals surface area contributed by atoms with Gasteiger partial charge in [-0.3, -0.25) is 0 Å². The molecule has 0 spiro atoms. The first-order valence-corrected chi connectivity index (χ1v) is 8.28. The summed E-state index contributed by atoms with van der Waals surface area (Å²) < 4.78 is 31.6. The fraction of sp³-hybridized carbons (Fsp3) is 0.538. The summed E-state index contributed by atoms with van der Waals surface area (Å²) in [4.78, 5) is 0.220. The highest BCUT2D eigenvalue weighted by atomic mass is 35.5. The molecule has 0 amide bonds. The van der Waals surface area contributed by atoms with Gasteiger partial charge in [-0.2, -0.15) is 4.31 Å². The van der Waals surface area contributed by atoms with Gasteiger partial charge in [-0.05, 0) is 30.0 Å². The fourth-order valence-electron chi connectivity index (χ4n) is 2.39. The van der Waals surface area contributed by atoms with Crippen molar-refractivity contribution in [3.8, 4) is 0 Å². The van der Waals surface area contributed by atoms with E-state index in [-0.39, 0.29) is 10.8 Å². The van der Waals surface area contributed by atoms with Gasteiger partial charge in [0.15, 0.2) is 0 Å². The van der Waals surface area contributed by atoms with Crippen LogP contribution in [0.5, 0.6) is 0 Å². The molecule has 0 radical (unpaired) electrons. The zero-order valence-corrected chi connectivity index (χ0v) is 13.0. The van der Waals surface area contributed by atoms with Crippen LogP contribution in [-0.4, -0.2) is 39.5 Å². The number of hydrogen-bond acceptors (Lipinski definition) is 4. The number of sulfonamides is 1. The van der Waals surface area contributed by atoms with Crippen molar-refractivity contribution in [2.24, 2.45) is 11.7 Å². The van der Waals surface area contributed by atoms with Crippen LogP contribution in [0.4, 0.5) is 0 Å². The quantitative estimate of drug-likeness (QED) is 0.892. The average molecular weight is 319 g/mol. The van der Waals surface area contributed by atoms with Crippen LogP contribution in [0.1, 0.15) is 12.0 Å². The standard InChI is InChI=1S/C13H19ClN2O3S/c1-19-9-10-4-5-16(8-10)20(17,18)12-3-2-11(7-15)13(14)6-12/h2-3,6,10H,4-5,7-9,15H2,1H3. The zero-order valence-electron chi connectivity index (χ0n) is 11.4. The normalized spacial score (nSPS) is 20.4. The molecule has 1 aromatic carbocycles. The van der Waals surface area contributed by atoms with Crippen LogP contribution in [-0.2, 0) is 21.3 Å². The molecule has 2 N–H and O–H groups in total. The molecule has 0 aromatic heterocycles. The second-order valence-electron chi connectivity index (χ2n) is 4.93. The number of nitrogens with zero attached hydrogens (tertiary/aromatic N) is 1. The molecule has 1 heterocycles. The Bertz CT molecular complexity index is 577. The van der Waals surface area contributed by atoms with Crippen molar-refractivity contribution in [2.45, 2.75) is 17.9 Å². The highest BCUT2D eigenvalue weighted by Crippen LogP contribution is 2.27. The summed E-state index contributed by atoms with van der Waals surface area (Å²) in [6.07, 6.45) is 0.821. The number of ether oxygens (including phenoxy) is 1. The van der Waals surface area contributed by atoms with Crippen molar-refractivity contribution in [3.05, 3.63) is 28.8 Å². The Morgan fingerprint density at radius 2 is 2.25 bits per heavy atom. The molecular weight excluding hydrogens is 300 g/mol. The molecule has 5 nitrogen and oxygen atoms in total. The Morgan fingerprint density at radius 3 is 2.85 bits per heavy atom. The van der Waals surface area contributed by atoms with Crippen LogP contribution >= 0.6 is 11.6 Å². The lowest BCUT2D eigenvalue weighted by Gasteiger charge is -2.17. The molecule has 2 rings (SSSR count). The summed E-state index contributed by atoms with van der Waals surface area (Å²) in [6, 6.07) is 4.70. The molecule has 1 atom stereocenters. The molecule has 20 heavy (non-hydrogen) atoms. The Morgan fingerprint density at radius 1 is 1.50 bits per heavy atom. The predicted octanol–water partition coefficient (Wildman–Crippen LogP) is 1.46. The van der Waals surface area contributed by atoms with Crippen LogP contribution in [0.25, 0.3) is 0 Å². The minimum absolute atomic E-state index is 0.220. The topological polar surface area (TPSA) is 72.6 Å². The fourth-order valence-corrected chi connectivity index (χ4v) is 4.27. The van der Waals surface area contributed by atoms with Crippen molar-refractivity contribution in [1.82, 2.24) is 4.31 Å². The molecule has 1 aliphatic rings. The number of methoxy groups -OCH3 is 1. The molecule has 1 aliphatic heterocycles. The largest absolute Gasteiger partial charge is 0.384 e. The summed E-state index contributed by atoms with van der Waals surface area (Å²) in [7, 11) is -1.86. The van der Waals surface area contributed by atoms with Gasteiger partial charge in [0, 0.05) is 31.8 Å². The van der Waals surface area contributed by atoms with Gasteiger partial charge in [0.2, 0.25) is 10.0 Å². The number of benzene rings is 1. The number of rotatable bonds is 5. The average Bonchev–Trinajstić information content (AvgIpc) is 2.88. The summed E-state index contributed by atoms with van der Waals surface area (Å²) in [5.41, 5.74) is 6.27. The molecule has 1 unspecified atom stereocenters. The maximum Gasteiger partial charge on any atom is 0.243 e. The Hall–Kier alpha value is -0.660. The van der Waals surface area contributed by atoms with Gasteiger partial charge in [-0.25, -0.2) is 8.42 Å². The highest BCUT2D eigenvalue weighted by Gasteiger charge is 2.32. The third-order valence-electron chi connectivity index (χ3n) is 3.53. The summed E-state index contributed by atoms with van der Waals surface area (Å²) in [5, 5.41) is 0.390. The van der Waals surface area contributed by atoms with Gasteiger partial charge in [0.25, 0.3) is 0 Å². The second-order valence-corrected chi connectivity index (χ2v) is 7.28. The van der Waals surface area contributed by atoms with E-state index in [1.54, 1.807) is 19.2 Å². The predicted molar refractivity (Wildman–Crippen MR) is 78.1 cm³/mol. The van der Waals surface area contributed by atoms with Gasteiger partial charge >= 0.3 is 0 Å². The summed E-state index contributed by atoms with van der Waals surface area (Å²) in [6.45, 7) is 1.89. The lowest BCUT2D eigenvalue weighted by molar-refractivity contribution is 0.157. The van der Waals surface area contributed by atoms with Crippen molar-refractivity contribution in [1.29, 1.82) is 0 Å². The molecule has 0 aliphatic carbocycles. The van der Waals surface area contributed by atoms with E-state index < -0.39 is 10.0 Å². The number of nitrogens with two attached hydrogens (primary N) is 1. The Kier molecular flexibility index (Phi) is 5.04. The van der Waals surface area contributed by atoms with Gasteiger partial charge in [-0.15, -0.1) is 0 Å². The van der Waals surface area contributed by atoms with E-state index >= 15 is 0 Å². The van der Waals surface area contributed by atoms with Crippen molar-refractivity contribution < 1.29 is 13.2 Å².